The van der Waals surface area contributed by atoms with Crippen molar-refractivity contribution in [2.45, 2.75) is 6.54 Å². The quantitative estimate of drug-likeness (QED) is 0.431. The zero-order chi connectivity index (χ0) is 18.0. The van der Waals surface area contributed by atoms with Crippen molar-refractivity contribution in [1.82, 2.24) is 9.88 Å². The molecular formula is C18H19N5O2. The molecule has 2 aromatic carbocycles. The zero-order valence-electron chi connectivity index (χ0n) is 13.7. The summed E-state index contributed by atoms with van der Waals surface area (Å²) in [6.07, 6.45) is 0. The van der Waals surface area contributed by atoms with Crippen LogP contribution in [0.1, 0.15) is 16.1 Å². The van der Waals surface area contributed by atoms with E-state index in [2.05, 4.69) is 4.98 Å². The van der Waals surface area contributed by atoms with E-state index in [1.807, 2.05) is 42.5 Å². The number of amides is 1. The number of aromatic nitrogens is 1. The molecule has 0 saturated heterocycles. The van der Waals surface area contributed by atoms with Crippen molar-refractivity contribution >= 4 is 22.8 Å². The lowest BCUT2D eigenvalue weighted by Gasteiger charge is -2.12. The van der Waals surface area contributed by atoms with E-state index in [0.717, 1.165) is 21.4 Å². The predicted octanol–water partition coefficient (Wildman–Crippen LogP) is 2.38. The Morgan fingerprint density at radius 2 is 1.96 bits per heavy atom. The van der Waals surface area contributed by atoms with Crippen LogP contribution in [0, 0.1) is 5.41 Å². The minimum Gasteiger partial charge on any atom is -0.457 e. The fraction of sp³-hybridized carbons (Fsp3) is 0.111. The monoisotopic (exact) mass is 337 g/mol. The van der Waals surface area contributed by atoms with Gasteiger partial charge in [0, 0.05) is 30.6 Å². The number of nitrogens with zero attached hydrogens (tertiary/aromatic N) is 1. The topological polar surface area (TPSA) is 121 Å². The van der Waals surface area contributed by atoms with E-state index in [4.69, 9.17) is 21.6 Å². The van der Waals surface area contributed by atoms with Gasteiger partial charge in [0.05, 0.1) is 0 Å². The molecule has 1 heterocycles. The van der Waals surface area contributed by atoms with Gasteiger partial charge in [-0.15, -0.1) is 0 Å². The number of H-pyrrole nitrogens is 1. The van der Waals surface area contributed by atoms with Gasteiger partial charge >= 0.3 is 0 Å². The van der Waals surface area contributed by atoms with Crippen LogP contribution in [0.5, 0.6) is 11.5 Å². The Hall–Kier alpha value is -3.32. The van der Waals surface area contributed by atoms with Crippen molar-refractivity contribution < 1.29 is 9.53 Å². The predicted molar refractivity (Wildman–Crippen MR) is 96.7 cm³/mol. The van der Waals surface area contributed by atoms with Crippen LogP contribution in [-0.2, 0) is 6.54 Å². The maximum Gasteiger partial charge on any atom is 0.276 e. The molecule has 0 fully saturated rings. The van der Waals surface area contributed by atoms with E-state index in [9.17, 15) is 4.79 Å². The Morgan fingerprint density at radius 1 is 1.20 bits per heavy atom. The maximum atomic E-state index is 12.2. The average Bonchev–Trinajstić information content (AvgIpc) is 3.03. The summed E-state index contributed by atoms with van der Waals surface area (Å²) >= 11 is 0. The lowest BCUT2D eigenvalue weighted by Crippen LogP contribution is -2.38. The minimum atomic E-state index is -0.373. The summed E-state index contributed by atoms with van der Waals surface area (Å²) in [5, 5.41) is 8.21. The smallest absolute Gasteiger partial charge is 0.276 e. The first-order valence-electron chi connectivity index (χ1n) is 7.69. The Morgan fingerprint density at radius 3 is 2.68 bits per heavy atom. The molecule has 0 unspecified atom stereocenters. The second kappa shape index (κ2) is 6.66. The number of nitrogens with two attached hydrogens (primary N) is 2. The molecule has 0 saturated carbocycles. The van der Waals surface area contributed by atoms with Gasteiger partial charge in [-0.3, -0.25) is 15.1 Å². The van der Waals surface area contributed by atoms with Crippen molar-refractivity contribution in [3.63, 3.8) is 0 Å². The number of hydrogen-bond donors (Lipinski definition) is 4. The number of rotatable bonds is 4. The Balaban J connectivity index is 1.87. The number of aromatic amines is 1. The lowest BCUT2D eigenvalue weighted by molar-refractivity contribution is 0.0864. The molecule has 0 aliphatic rings. The van der Waals surface area contributed by atoms with Crippen LogP contribution >= 0.6 is 0 Å². The summed E-state index contributed by atoms with van der Waals surface area (Å²) in [7, 11) is 1.45. The molecular weight excluding hydrogens is 318 g/mol. The van der Waals surface area contributed by atoms with Gasteiger partial charge in [-0.2, -0.15) is 0 Å². The third kappa shape index (κ3) is 3.46. The molecule has 3 rings (SSSR count). The molecule has 0 aliphatic heterocycles. The van der Waals surface area contributed by atoms with Crippen LogP contribution < -0.4 is 16.2 Å². The Labute approximate surface area is 144 Å². The molecule has 1 aromatic heterocycles. The third-order valence-electron chi connectivity index (χ3n) is 3.86. The van der Waals surface area contributed by atoms with Gasteiger partial charge in [-0.05, 0) is 35.9 Å². The molecule has 6 N–H and O–H groups in total. The molecule has 1 amide bonds. The summed E-state index contributed by atoms with van der Waals surface area (Å²) in [5.41, 5.74) is 13.1. The van der Waals surface area contributed by atoms with Crippen LogP contribution in [0.4, 0.5) is 0 Å². The first-order chi connectivity index (χ1) is 12.0. The van der Waals surface area contributed by atoms with Gasteiger partial charge in [-0.25, -0.2) is 0 Å². The first kappa shape index (κ1) is 16.5. The summed E-state index contributed by atoms with van der Waals surface area (Å²) < 4.78 is 5.86. The van der Waals surface area contributed by atoms with E-state index in [1.54, 1.807) is 6.07 Å². The largest absolute Gasteiger partial charge is 0.457 e. The van der Waals surface area contributed by atoms with Crippen molar-refractivity contribution in [2.75, 3.05) is 7.05 Å². The van der Waals surface area contributed by atoms with Gasteiger partial charge in [0.15, 0.2) is 5.96 Å². The van der Waals surface area contributed by atoms with Crippen LogP contribution in [0.25, 0.3) is 10.9 Å². The molecule has 0 bridgehead atoms. The molecule has 7 nitrogen and oxygen atoms in total. The summed E-state index contributed by atoms with van der Waals surface area (Å²) in [6.45, 7) is 0.446. The number of hydrogen-bond acceptors (Lipinski definition) is 4. The molecule has 7 heteroatoms. The van der Waals surface area contributed by atoms with E-state index < -0.39 is 0 Å². The van der Waals surface area contributed by atoms with E-state index >= 15 is 0 Å². The highest BCUT2D eigenvalue weighted by molar-refractivity contribution is 6.05. The highest BCUT2D eigenvalue weighted by Crippen LogP contribution is 2.26. The van der Waals surface area contributed by atoms with Gasteiger partial charge < -0.3 is 21.2 Å². The highest BCUT2D eigenvalue weighted by atomic mass is 16.5. The lowest BCUT2D eigenvalue weighted by atomic mass is 10.2. The maximum absolute atomic E-state index is 12.2. The molecule has 0 atom stereocenters. The first-order valence-corrected chi connectivity index (χ1v) is 7.69. The van der Waals surface area contributed by atoms with Crippen LogP contribution in [-0.4, -0.2) is 28.8 Å². The van der Waals surface area contributed by atoms with Crippen molar-refractivity contribution in [3.05, 3.63) is 59.8 Å². The fourth-order valence-corrected chi connectivity index (χ4v) is 2.45. The van der Waals surface area contributed by atoms with Gasteiger partial charge in [0.25, 0.3) is 5.91 Å². The number of carbonyl (C=O) groups excluding carboxylic acids is 1. The SMILES string of the molecule is CN(C(=N)N)C(=O)c1cc2ccc(Oc3cccc(CN)c3)cc2[nH]1. The van der Waals surface area contributed by atoms with Gasteiger partial charge in [-0.1, -0.05) is 12.1 Å². The minimum absolute atomic E-state index is 0.313. The third-order valence-corrected chi connectivity index (χ3v) is 3.86. The number of fused-ring (bicyclic) bond motifs is 1. The van der Waals surface area contributed by atoms with Gasteiger partial charge in [0.2, 0.25) is 0 Å². The van der Waals surface area contributed by atoms with E-state index in [-0.39, 0.29) is 11.9 Å². The number of carbonyl (C=O) groups is 1. The zero-order valence-corrected chi connectivity index (χ0v) is 13.7. The molecule has 3 aromatic rings. The molecule has 0 aliphatic carbocycles. The Bertz CT molecular complexity index is 948. The fourth-order valence-electron chi connectivity index (χ4n) is 2.45. The molecule has 0 radical (unpaired) electrons. The second-order valence-electron chi connectivity index (χ2n) is 5.64. The summed E-state index contributed by atoms with van der Waals surface area (Å²) in [6, 6.07) is 14.8. The highest BCUT2D eigenvalue weighted by Gasteiger charge is 2.16. The molecule has 0 spiro atoms. The van der Waals surface area contributed by atoms with Gasteiger partial charge in [0.1, 0.15) is 17.2 Å². The van der Waals surface area contributed by atoms with E-state index in [1.165, 1.54) is 7.05 Å². The summed E-state index contributed by atoms with van der Waals surface area (Å²) in [4.78, 5) is 16.3. The number of nitrogens with one attached hydrogen (secondary N) is 2. The normalized spacial score (nSPS) is 10.6. The molecule has 128 valence electrons. The van der Waals surface area contributed by atoms with Crippen LogP contribution in [0.15, 0.2) is 48.5 Å². The molecule has 25 heavy (non-hydrogen) atoms. The average molecular weight is 337 g/mol. The number of benzene rings is 2. The van der Waals surface area contributed by atoms with Crippen LogP contribution in [0.2, 0.25) is 0 Å². The van der Waals surface area contributed by atoms with Crippen molar-refractivity contribution in [2.24, 2.45) is 11.5 Å². The standard InChI is InChI=1S/C18H19N5O2/c1-23(18(20)21)17(24)16-8-12-5-6-14(9-15(12)22-16)25-13-4-2-3-11(7-13)10-19/h2-9,22H,10,19H2,1H3,(H3,20,21). The number of ether oxygens (including phenoxy) is 1. The second-order valence-corrected chi connectivity index (χ2v) is 5.64. The van der Waals surface area contributed by atoms with Crippen molar-refractivity contribution in [3.8, 4) is 11.5 Å². The number of guanidine groups is 1. The van der Waals surface area contributed by atoms with Crippen molar-refractivity contribution in [1.29, 1.82) is 5.41 Å². The Kier molecular flexibility index (Phi) is 4.40. The summed E-state index contributed by atoms with van der Waals surface area (Å²) in [5.74, 6) is 0.651. The van der Waals surface area contributed by atoms with E-state index in [0.29, 0.717) is 23.7 Å². The van der Waals surface area contributed by atoms with Crippen LogP contribution in [0.3, 0.4) is 0 Å².